The van der Waals surface area contributed by atoms with Crippen LogP contribution in [0.5, 0.6) is 0 Å². The van der Waals surface area contributed by atoms with Gasteiger partial charge in [-0.3, -0.25) is 9.69 Å². The molecule has 0 spiro atoms. The molecule has 22 heavy (non-hydrogen) atoms. The maximum Gasteiger partial charge on any atom is 0.220 e. The number of amides is 1. The normalized spacial score (nSPS) is 15.7. The Morgan fingerprint density at radius 3 is 2.64 bits per heavy atom. The molecule has 1 aromatic rings. The molecule has 1 heterocycles. The van der Waals surface area contributed by atoms with Crippen LogP contribution in [0.25, 0.3) is 0 Å². The minimum Gasteiger partial charge on any atom is -0.355 e. The van der Waals surface area contributed by atoms with Crippen molar-refractivity contribution in [3.63, 3.8) is 0 Å². The molecule has 1 aliphatic heterocycles. The van der Waals surface area contributed by atoms with Crippen molar-refractivity contribution in [2.24, 2.45) is 0 Å². The van der Waals surface area contributed by atoms with E-state index in [1.165, 1.54) is 11.1 Å². The van der Waals surface area contributed by atoms with E-state index in [0.29, 0.717) is 6.42 Å². The molecule has 0 bridgehead atoms. The first-order valence-corrected chi connectivity index (χ1v) is 8.49. The maximum absolute atomic E-state index is 11.8. The largest absolute Gasteiger partial charge is 0.355 e. The molecule has 0 aromatic heterocycles. The first kappa shape index (κ1) is 17.0. The van der Waals surface area contributed by atoms with Crippen molar-refractivity contribution < 1.29 is 4.79 Å². The lowest BCUT2D eigenvalue weighted by Gasteiger charge is -2.27. The summed E-state index contributed by atoms with van der Waals surface area (Å²) in [7, 11) is 0. The van der Waals surface area contributed by atoms with Gasteiger partial charge in [0.25, 0.3) is 0 Å². The number of aryl methyl sites for hydroxylation is 2. The van der Waals surface area contributed by atoms with E-state index < -0.39 is 0 Å². The predicted octanol–water partition coefficient (Wildman–Crippen LogP) is 1.73. The fraction of sp³-hybridized carbons (Fsp3) is 0.611. The molecule has 0 unspecified atom stereocenters. The summed E-state index contributed by atoms with van der Waals surface area (Å²) in [6.07, 6.45) is 3.75. The van der Waals surface area contributed by atoms with Crippen molar-refractivity contribution >= 4 is 5.91 Å². The van der Waals surface area contributed by atoms with Gasteiger partial charge in [0.05, 0.1) is 0 Å². The van der Waals surface area contributed by atoms with Crippen LogP contribution in [-0.2, 0) is 11.2 Å². The lowest BCUT2D eigenvalue weighted by atomic mass is 10.1. The van der Waals surface area contributed by atoms with Crippen molar-refractivity contribution in [2.75, 3.05) is 39.3 Å². The van der Waals surface area contributed by atoms with Crippen molar-refractivity contribution in [2.45, 2.75) is 32.6 Å². The predicted molar refractivity (Wildman–Crippen MR) is 91.1 cm³/mol. The van der Waals surface area contributed by atoms with E-state index in [4.69, 9.17) is 0 Å². The monoisotopic (exact) mass is 303 g/mol. The highest BCUT2D eigenvalue weighted by atomic mass is 16.1. The summed E-state index contributed by atoms with van der Waals surface area (Å²) in [6, 6.07) is 8.67. The third kappa shape index (κ3) is 6.58. The van der Waals surface area contributed by atoms with Crippen LogP contribution in [0.1, 0.15) is 30.4 Å². The second kappa shape index (κ2) is 9.59. The van der Waals surface area contributed by atoms with Crippen LogP contribution in [0.3, 0.4) is 0 Å². The summed E-state index contributed by atoms with van der Waals surface area (Å²) in [4.78, 5) is 14.2. The van der Waals surface area contributed by atoms with Crippen LogP contribution in [0.15, 0.2) is 24.3 Å². The number of unbranched alkanes of at least 4 members (excludes halogenated alkanes) is 1. The fourth-order valence-electron chi connectivity index (χ4n) is 2.75. The Labute approximate surface area is 134 Å². The molecule has 4 nitrogen and oxygen atoms in total. The van der Waals surface area contributed by atoms with Crippen molar-refractivity contribution in [3.05, 3.63) is 35.4 Å². The number of nitrogens with one attached hydrogen (secondary N) is 2. The molecule has 1 aromatic carbocycles. The highest BCUT2D eigenvalue weighted by molar-refractivity contribution is 5.75. The molecule has 4 heteroatoms. The van der Waals surface area contributed by atoms with E-state index in [1.807, 2.05) is 0 Å². The van der Waals surface area contributed by atoms with Crippen LogP contribution in [0, 0.1) is 6.92 Å². The zero-order chi connectivity index (χ0) is 15.6. The topological polar surface area (TPSA) is 44.4 Å². The third-order valence-electron chi connectivity index (χ3n) is 4.20. The van der Waals surface area contributed by atoms with E-state index in [1.54, 1.807) is 0 Å². The molecule has 1 aliphatic rings. The lowest BCUT2D eigenvalue weighted by Crippen LogP contribution is -2.46. The molecule has 0 radical (unpaired) electrons. The standard InChI is InChI=1S/C18H29N3O/c1-16-6-8-17(9-7-16)4-2-3-5-18(22)20-12-15-21-13-10-19-11-14-21/h6-9,19H,2-5,10-15H2,1H3,(H,20,22). The van der Waals surface area contributed by atoms with E-state index >= 15 is 0 Å². The van der Waals surface area contributed by atoms with Crippen LogP contribution < -0.4 is 10.6 Å². The average Bonchev–Trinajstić information content (AvgIpc) is 2.54. The van der Waals surface area contributed by atoms with Gasteiger partial charge in [-0.05, 0) is 31.7 Å². The van der Waals surface area contributed by atoms with Crippen LogP contribution in [0.2, 0.25) is 0 Å². The Kier molecular flexibility index (Phi) is 7.40. The highest BCUT2D eigenvalue weighted by Gasteiger charge is 2.09. The Morgan fingerprint density at radius 2 is 1.91 bits per heavy atom. The number of carbonyl (C=O) groups excluding carboxylic acids is 1. The number of benzene rings is 1. The minimum absolute atomic E-state index is 0.194. The fourth-order valence-corrected chi connectivity index (χ4v) is 2.75. The summed E-state index contributed by atoms with van der Waals surface area (Å²) < 4.78 is 0. The molecule has 0 aliphatic carbocycles. The van der Waals surface area contributed by atoms with Gasteiger partial charge < -0.3 is 10.6 Å². The molecule has 1 amide bonds. The zero-order valence-electron chi connectivity index (χ0n) is 13.7. The summed E-state index contributed by atoms with van der Waals surface area (Å²) in [6.45, 7) is 8.15. The van der Waals surface area contributed by atoms with Crippen LogP contribution >= 0.6 is 0 Å². The molecule has 1 fully saturated rings. The molecule has 0 atom stereocenters. The summed E-state index contributed by atoms with van der Waals surface area (Å²) in [5.41, 5.74) is 2.66. The van der Waals surface area contributed by atoms with Crippen molar-refractivity contribution in [3.8, 4) is 0 Å². The van der Waals surface area contributed by atoms with Gasteiger partial charge in [-0.25, -0.2) is 0 Å². The number of carbonyl (C=O) groups is 1. The van der Waals surface area contributed by atoms with Gasteiger partial charge >= 0.3 is 0 Å². The van der Waals surface area contributed by atoms with E-state index in [9.17, 15) is 4.79 Å². The van der Waals surface area contributed by atoms with Crippen LogP contribution in [-0.4, -0.2) is 50.1 Å². The summed E-state index contributed by atoms with van der Waals surface area (Å²) >= 11 is 0. The Balaban J connectivity index is 1.49. The molecule has 1 saturated heterocycles. The number of hydrogen-bond acceptors (Lipinski definition) is 3. The SMILES string of the molecule is Cc1ccc(CCCCC(=O)NCCN2CCNCC2)cc1. The first-order chi connectivity index (χ1) is 10.7. The quantitative estimate of drug-likeness (QED) is 0.719. The molecular formula is C18H29N3O. The maximum atomic E-state index is 11.8. The van der Waals surface area contributed by atoms with Gasteiger partial charge in [-0.2, -0.15) is 0 Å². The molecule has 2 N–H and O–H groups in total. The second-order valence-electron chi connectivity index (χ2n) is 6.13. The zero-order valence-corrected chi connectivity index (χ0v) is 13.7. The van der Waals surface area contributed by atoms with Crippen molar-refractivity contribution in [1.29, 1.82) is 0 Å². The van der Waals surface area contributed by atoms with E-state index in [0.717, 1.165) is 58.5 Å². The Bertz CT molecular complexity index is 438. The molecular weight excluding hydrogens is 274 g/mol. The molecule has 0 saturated carbocycles. The molecule has 2 rings (SSSR count). The number of nitrogens with zero attached hydrogens (tertiary/aromatic N) is 1. The first-order valence-electron chi connectivity index (χ1n) is 8.49. The van der Waals surface area contributed by atoms with Gasteiger partial charge in [0.1, 0.15) is 0 Å². The number of hydrogen-bond donors (Lipinski definition) is 2. The van der Waals surface area contributed by atoms with Gasteiger partial charge in [-0.15, -0.1) is 0 Å². The minimum atomic E-state index is 0.194. The van der Waals surface area contributed by atoms with E-state index in [2.05, 4.69) is 46.7 Å². The second-order valence-corrected chi connectivity index (χ2v) is 6.13. The lowest BCUT2D eigenvalue weighted by molar-refractivity contribution is -0.121. The molecule has 122 valence electrons. The Morgan fingerprint density at radius 1 is 1.18 bits per heavy atom. The number of rotatable bonds is 8. The Hall–Kier alpha value is -1.39. The summed E-state index contributed by atoms with van der Waals surface area (Å²) in [5.74, 6) is 0.194. The van der Waals surface area contributed by atoms with Crippen LogP contribution in [0.4, 0.5) is 0 Å². The van der Waals surface area contributed by atoms with Gasteiger partial charge in [-0.1, -0.05) is 29.8 Å². The van der Waals surface area contributed by atoms with Crippen molar-refractivity contribution in [1.82, 2.24) is 15.5 Å². The average molecular weight is 303 g/mol. The third-order valence-corrected chi connectivity index (χ3v) is 4.20. The highest BCUT2D eigenvalue weighted by Crippen LogP contribution is 2.08. The van der Waals surface area contributed by atoms with E-state index in [-0.39, 0.29) is 5.91 Å². The smallest absolute Gasteiger partial charge is 0.220 e. The van der Waals surface area contributed by atoms with Gasteiger partial charge in [0, 0.05) is 45.7 Å². The number of piperazine rings is 1. The van der Waals surface area contributed by atoms with Gasteiger partial charge in [0.2, 0.25) is 5.91 Å². The van der Waals surface area contributed by atoms with Gasteiger partial charge in [0.15, 0.2) is 0 Å². The summed E-state index contributed by atoms with van der Waals surface area (Å²) in [5, 5.41) is 6.37.